The van der Waals surface area contributed by atoms with Crippen molar-refractivity contribution in [1.29, 1.82) is 0 Å². The summed E-state index contributed by atoms with van der Waals surface area (Å²) in [6, 6.07) is 6.40. The number of thiazole rings is 1. The van der Waals surface area contributed by atoms with Crippen LogP contribution in [0, 0.1) is 0 Å². The molecular formula is C19H21N3O2S. The van der Waals surface area contributed by atoms with Gasteiger partial charge in [-0.05, 0) is 30.9 Å². The molecule has 1 N–H and O–H groups in total. The van der Waals surface area contributed by atoms with Crippen LogP contribution >= 0.6 is 11.3 Å². The van der Waals surface area contributed by atoms with Crippen molar-refractivity contribution in [2.45, 2.75) is 37.8 Å². The molecular weight excluding hydrogens is 334 g/mol. The Morgan fingerprint density at radius 1 is 1.40 bits per heavy atom. The second-order valence-electron chi connectivity index (χ2n) is 6.82. The number of para-hydroxylation sites is 1. The zero-order valence-corrected chi connectivity index (χ0v) is 15.0. The fourth-order valence-corrected chi connectivity index (χ4v) is 4.38. The molecule has 1 aliphatic carbocycles. The van der Waals surface area contributed by atoms with Crippen molar-refractivity contribution in [3.63, 3.8) is 0 Å². The maximum atomic E-state index is 5.98. The topological polar surface area (TPSA) is 47.8 Å². The summed E-state index contributed by atoms with van der Waals surface area (Å²) >= 11 is 1.71. The van der Waals surface area contributed by atoms with E-state index in [1.807, 2.05) is 12.1 Å². The van der Waals surface area contributed by atoms with E-state index in [4.69, 9.17) is 14.5 Å². The van der Waals surface area contributed by atoms with Crippen LogP contribution in [0.25, 0.3) is 4.96 Å². The van der Waals surface area contributed by atoms with E-state index in [1.165, 1.54) is 29.8 Å². The van der Waals surface area contributed by atoms with Crippen molar-refractivity contribution < 1.29 is 9.47 Å². The van der Waals surface area contributed by atoms with Crippen LogP contribution in [0.5, 0.6) is 11.5 Å². The molecule has 0 bridgehead atoms. The third-order valence-corrected chi connectivity index (χ3v) is 5.85. The number of ether oxygens (including phenoxy) is 2. The van der Waals surface area contributed by atoms with Crippen LogP contribution < -0.4 is 14.8 Å². The molecule has 130 valence electrons. The molecule has 5 rings (SSSR count). The number of nitrogens with zero attached hydrogens (tertiary/aromatic N) is 2. The van der Waals surface area contributed by atoms with Crippen LogP contribution in [-0.2, 0) is 13.0 Å². The molecule has 1 aromatic carbocycles. The van der Waals surface area contributed by atoms with Gasteiger partial charge in [0, 0.05) is 30.1 Å². The van der Waals surface area contributed by atoms with Crippen molar-refractivity contribution in [3.05, 3.63) is 46.7 Å². The molecule has 1 saturated carbocycles. The highest BCUT2D eigenvalue weighted by Crippen LogP contribution is 2.42. The number of fused-ring (bicyclic) bond motifs is 2. The number of benzene rings is 1. The van der Waals surface area contributed by atoms with E-state index in [0.717, 1.165) is 29.4 Å². The quantitative estimate of drug-likeness (QED) is 0.762. The summed E-state index contributed by atoms with van der Waals surface area (Å²) in [5, 5.41) is 5.79. The highest BCUT2D eigenvalue weighted by Gasteiger charge is 2.31. The van der Waals surface area contributed by atoms with Gasteiger partial charge in [-0.15, -0.1) is 11.3 Å². The standard InChI is InChI=1S/C19H21N3O2S/c1-23-16-4-2-3-13-9-14(11-24-18(13)16)20-10-15-17(12-5-6-12)21-19-22(15)7-8-25-19/h2-4,7-8,12,14,20H,5-6,9-11H2,1H3/t14-/m1/s1. The molecule has 0 amide bonds. The minimum absolute atomic E-state index is 0.302. The van der Waals surface area contributed by atoms with Crippen LogP contribution in [0.3, 0.4) is 0 Å². The van der Waals surface area contributed by atoms with Crippen molar-refractivity contribution >= 4 is 16.3 Å². The molecule has 0 unspecified atom stereocenters. The van der Waals surface area contributed by atoms with Crippen molar-refractivity contribution in [2.24, 2.45) is 0 Å². The lowest BCUT2D eigenvalue weighted by Crippen LogP contribution is -2.39. The Hall–Kier alpha value is -2.05. The lowest BCUT2D eigenvalue weighted by molar-refractivity contribution is 0.226. The average Bonchev–Trinajstić information content (AvgIpc) is 3.28. The Balaban J connectivity index is 1.34. The third-order valence-electron chi connectivity index (χ3n) is 5.09. The predicted octanol–water partition coefficient (Wildman–Crippen LogP) is 3.38. The fourth-order valence-electron chi connectivity index (χ4n) is 3.64. The van der Waals surface area contributed by atoms with Gasteiger partial charge in [0.05, 0.1) is 18.5 Å². The van der Waals surface area contributed by atoms with Gasteiger partial charge in [0.25, 0.3) is 0 Å². The van der Waals surface area contributed by atoms with Gasteiger partial charge >= 0.3 is 0 Å². The summed E-state index contributed by atoms with van der Waals surface area (Å²) < 4.78 is 13.6. The summed E-state index contributed by atoms with van der Waals surface area (Å²) in [6.45, 7) is 1.49. The largest absolute Gasteiger partial charge is 0.493 e. The number of nitrogens with one attached hydrogen (secondary N) is 1. The van der Waals surface area contributed by atoms with Crippen LogP contribution in [0.1, 0.15) is 35.7 Å². The normalized spacial score (nSPS) is 19.6. The van der Waals surface area contributed by atoms with Gasteiger partial charge < -0.3 is 14.8 Å². The third kappa shape index (κ3) is 2.69. The molecule has 5 nitrogen and oxygen atoms in total. The van der Waals surface area contributed by atoms with E-state index in [2.05, 4.69) is 27.4 Å². The number of hydrogen-bond acceptors (Lipinski definition) is 5. The van der Waals surface area contributed by atoms with E-state index < -0.39 is 0 Å². The smallest absolute Gasteiger partial charge is 0.194 e. The summed E-state index contributed by atoms with van der Waals surface area (Å²) in [6.07, 6.45) is 5.64. The minimum atomic E-state index is 0.302. The monoisotopic (exact) mass is 355 g/mol. The molecule has 2 aromatic heterocycles. The maximum absolute atomic E-state index is 5.98. The van der Waals surface area contributed by atoms with Gasteiger partial charge in [-0.25, -0.2) is 4.98 Å². The van der Waals surface area contributed by atoms with Crippen LogP contribution in [0.2, 0.25) is 0 Å². The Morgan fingerprint density at radius 2 is 2.32 bits per heavy atom. The first-order valence-corrected chi connectivity index (χ1v) is 9.68. The lowest BCUT2D eigenvalue weighted by Gasteiger charge is -2.27. The van der Waals surface area contributed by atoms with Crippen molar-refractivity contribution in [2.75, 3.05) is 13.7 Å². The molecule has 1 atom stereocenters. The second kappa shape index (κ2) is 6.04. The first-order chi connectivity index (χ1) is 12.3. The van der Waals surface area contributed by atoms with E-state index in [-0.39, 0.29) is 0 Å². The molecule has 3 heterocycles. The molecule has 3 aromatic rings. The Labute approximate surface area is 150 Å². The Morgan fingerprint density at radius 3 is 3.16 bits per heavy atom. The number of methoxy groups -OCH3 is 1. The SMILES string of the molecule is COc1cccc2c1OC[C@H](NCc1c(C3CC3)nc3sccn13)C2. The summed E-state index contributed by atoms with van der Waals surface area (Å²) in [7, 11) is 1.69. The molecule has 1 aliphatic heterocycles. The molecule has 25 heavy (non-hydrogen) atoms. The Kier molecular flexibility index (Phi) is 3.68. The predicted molar refractivity (Wildman–Crippen MR) is 97.9 cm³/mol. The minimum Gasteiger partial charge on any atom is -0.493 e. The molecule has 1 fully saturated rings. The van der Waals surface area contributed by atoms with Gasteiger partial charge in [0.2, 0.25) is 0 Å². The van der Waals surface area contributed by atoms with Crippen molar-refractivity contribution in [1.82, 2.24) is 14.7 Å². The van der Waals surface area contributed by atoms with E-state index >= 15 is 0 Å². The summed E-state index contributed by atoms with van der Waals surface area (Å²) in [5.41, 5.74) is 3.81. The number of imidazole rings is 1. The first kappa shape index (κ1) is 15.2. The number of hydrogen-bond donors (Lipinski definition) is 1. The first-order valence-electron chi connectivity index (χ1n) is 8.80. The molecule has 0 saturated heterocycles. The van der Waals surface area contributed by atoms with Gasteiger partial charge in [-0.2, -0.15) is 0 Å². The summed E-state index contributed by atoms with van der Waals surface area (Å²) in [5.74, 6) is 2.38. The zero-order chi connectivity index (χ0) is 16.8. The highest BCUT2D eigenvalue weighted by atomic mass is 32.1. The van der Waals surface area contributed by atoms with Crippen LogP contribution in [0.4, 0.5) is 0 Å². The Bertz CT molecular complexity index is 913. The van der Waals surface area contributed by atoms with Gasteiger partial charge in [-0.1, -0.05) is 12.1 Å². The van der Waals surface area contributed by atoms with E-state index in [0.29, 0.717) is 18.6 Å². The average molecular weight is 355 g/mol. The van der Waals surface area contributed by atoms with Crippen molar-refractivity contribution in [3.8, 4) is 11.5 Å². The highest BCUT2D eigenvalue weighted by molar-refractivity contribution is 7.15. The fraction of sp³-hybridized carbons (Fsp3) is 0.421. The van der Waals surface area contributed by atoms with Gasteiger partial charge in [0.1, 0.15) is 6.61 Å². The molecule has 0 radical (unpaired) electrons. The van der Waals surface area contributed by atoms with Gasteiger partial charge in [0.15, 0.2) is 16.5 Å². The molecule has 6 heteroatoms. The summed E-state index contributed by atoms with van der Waals surface area (Å²) in [4.78, 5) is 5.96. The molecule has 2 aliphatic rings. The van der Waals surface area contributed by atoms with Crippen LogP contribution in [0.15, 0.2) is 29.8 Å². The number of rotatable bonds is 5. The van der Waals surface area contributed by atoms with E-state index in [1.54, 1.807) is 18.4 Å². The lowest BCUT2D eigenvalue weighted by atomic mass is 10.0. The van der Waals surface area contributed by atoms with E-state index in [9.17, 15) is 0 Å². The maximum Gasteiger partial charge on any atom is 0.194 e. The number of aromatic nitrogens is 2. The van der Waals surface area contributed by atoms with Gasteiger partial charge in [-0.3, -0.25) is 4.40 Å². The molecule has 0 spiro atoms. The zero-order valence-electron chi connectivity index (χ0n) is 14.2. The second-order valence-corrected chi connectivity index (χ2v) is 7.69. The van der Waals surface area contributed by atoms with Crippen LogP contribution in [-0.4, -0.2) is 29.1 Å².